The van der Waals surface area contributed by atoms with Gasteiger partial charge in [-0.2, -0.15) is 0 Å². The summed E-state index contributed by atoms with van der Waals surface area (Å²) in [5.74, 6) is 0.681. The minimum Gasteiger partial charge on any atom is -0.495 e. The molecule has 1 aromatic carbocycles. The molecular formula is C17H27N3O3. The number of hydrogen-bond acceptors (Lipinski definition) is 5. The Morgan fingerprint density at radius 2 is 1.78 bits per heavy atom. The highest BCUT2D eigenvalue weighted by atomic mass is 16.6. The van der Waals surface area contributed by atoms with E-state index in [-0.39, 0.29) is 6.09 Å². The summed E-state index contributed by atoms with van der Waals surface area (Å²) in [5.41, 5.74) is 8.32. The molecule has 2 N–H and O–H groups in total. The van der Waals surface area contributed by atoms with Crippen LogP contribution in [0.15, 0.2) is 12.1 Å². The Labute approximate surface area is 138 Å². The minimum atomic E-state index is -0.463. The van der Waals surface area contributed by atoms with Gasteiger partial charge in [-0.15, -0.1) is 0 Å². The Hall–Kier alpha value is -2.11. The van der Waals surface area contributed by atoms with E-state index in [0.717, 1.165) is 24.3 Å². The van der Waals surface area contributed by atoms with E-state index in [2.05, 4.69) is 4.90 Å². The van der Waals surface area contributed by atoms with Crippen molar-refractivity contribution in [2.24, 2.45) is 0 Å². The highest BCUT2D eigenvalue weighted by Crippen LogP contribution is 2.31. The summed E-state index contributed by atoms with van der Waals surface area (Å²) in [6.45, 7) is 10.5. The van der Waals surface area contributed by atoms with E-state index in [0.29, 0.717) is 24.5 Å². The van der Waals surface area contributed by atoms with E-state index in [1.165, 1.54) is 0 Å². The fraction of sp³-hybridized carbons (Fsp3) is 0.588. The molecule has 0 bridgehead atoms. The number of carbonyl (C=O) groups is 1. The zero-order valence-corrected chi connectivity index (χ0v) is 14.7. The number of ether oxygens (including phenoxy) is 2. The molecule has 1 aliphatic rings. The molecule has 0 radical (unpaired) electrons. The maximum atomic E-state index is 12.1. The number of rotatable bonds is 2. The number of carbonyl (C=O) groups excluding carboxylic acids is 1. The third-order valence-corrected chi connectivity index (χ3v) is 3.82. The molecule has 0 saturated carbocycles. The summed E-state index contributed by atoms with van der Waals surface area (Å²) >= 11 is 0. The smallest absolute Gasteiger partial charge is 0.410 e. The molecule has 0 aliphatic carbocycles. The number of nitrogens with zero attached hydrogens (tertiary/aromatic N) is 2. The first kappa shape index (κ1) is 17.2. The van der Waals surface area contributed by atoms with Crippen LogP contribution < -0.4 is 15.4 Å². The lowest BCUT2D eigenvalue weighted by atomic mass is 10.1. The molecule has 0 unspecified atom stereocenters. The van der Waals surface area contributed by atoms with E-state index >= 15 is 0 Å². The Morgan fingerprint density at radius 3 is 2.30 bits per heavy atom. The molecule has 1 amide bonds. The van der Waals surface area contributed by atoms with Crippen molar-refractivity contribution in [3.05, 3.63) is 17.7 Å². The number of hydrogen-bond donors (Lipinski definition) is 1. The van der Waals surface area contributed by atoms with Crippen molar-refractivity contribution < 1.29 is 14.3 Å². The summed E-state index contributed by atoms with van der Waals surface area (Å²) in [6, 6.07) is 3.89. The molecule has 1 fully saturated rings. The predicted octanol–water partition coefficient (Wildman–Crippen LogP) is 2.64. The fourth-order valence-electron chi connectivity index (χ4n) is 2.67. The van der Waals surface area contributed by atoms with Crippen molar-refractivity contribution >= 4 is 17.5 Å². The molecule has 0 aromatic heterocycles. The van der Waals surface area contributed by atoms with Gasteiger partial charge in [0.1, 0.15) is 11.4 Å². The maximum absolute atomic E-state index is 12.1. The lowest BCUT2D eigenvalue weighted by Crippen LogP contribution is -2.50. The van der Waals surface area contributed by atoms with Crippen molar-refractivity contribution in [3.8, 4) is 5.75 Å². The second-order valence-electron chi connectivity index (χ2n) is 6.84. The first-order valence-electron chi connectivity index (χ1n) is 7.88. The number of benzene rings is 1. The highest BCUT2D eigenvalue weighted by Gasteiger charge is 2.26. The van der Waals surface area contributed by atoms with Crippen molar-refractivity contribution in [2.45, 2.75) is 33.3 Å². The van der Waals surface area contributed by atoms with Gasteiger partial charge in [0.15, 0.2) is 0 Å². The number of aryl methyl sites for hydroxylation is 1. The van der Waals surface area contributed by atoms with Crippen LogP contribution in [-0.4, -0.2) is 49.9 Å². The van der Waals surface area contributed by atoms with Crippen LogP contribution in [0, 0.1) is 6.92 Å². The lowest BCUT2D eigenvalue weighted by Gasteiger charge is -2.37. The molecule has 0 atom stereocenters. The lowest BCUT2D eigenvalue weighted by molar-refractivity contribution is 0.0240. The fourth-order valence-corrected chi connectivity index (χ4v) is 2.67. The molecule has 23 heavy (non-hydrogen) atoms. The van der Waals surface area contributed by atoms with E-state index in [9.17, 15) is 4.79 Å². The molecule has 6 nitrogen and oxygen atoms in total. The van der Waals surface area contributed by atoms with E-state index in [1.807, 2.05) is 39.8 Å². The van der Waals surface area contributed by atoms with Gasteiger partial charge in [0.25, 0.3) is 0 Å². The van der Waals surface area contributed by atoms with Gasteiger partial charge < -0.3 is 25.0 Å². The van der Waals surface area contributed by atoms with Gasteiger partial charge in [0.05, 0.1) is 12.8 Å². The second-order valence-corrected chi connectivity index (χ2v) is 6.84. The molecule has 1 heterocycles. The Morgan fingerprint density at radius 1 is 1.17 bits per heavy atom. The SMILES string of the molecule is COc1cc(N2CCN(C(=O)OC(C)(C)C)CC2)c(C)cc1N. The van der Waals surface area contributed by atoms with Crippen LogP contribution >= 0.6 is 0 Å². The van der Waals surface area contributed by atoms with Gasteiger partial charge in [-0.05, 0) is 39.3 Å². The Bertz CT molecular complexity index is 573. The summed E-state index contributed by atoms with van der Waals surface area (Å²) < 4.78 is 10.7. The zero-order chi connectivity index (χ0) is 17.2. The number of amides is 1. The molecule has 1 aliphatic heterocycles. The molecule has 0 spiro atoms. The van der Waals surface area contributed by atoms with Gasteiger partial charge in [0.2, 0.25) is 0 Å². The van der Waals surface area contributed by atoms with Gasteiger partial charge in [0, 0.05) is 37.9 Å². The van der Waals surface area contributed by atoms with Crippen LogP contribution in [0.2, 0.25) is 0 Å². The van der Waals surface area contributed by atoms with Crippen LogP contribution in [-0.2, 0) is 4.74 Å². The standard InChI is InChI=1S/C17H27N3O3/c1-12-10-13(18)15(22-5)11-14(12)19-6-8-20(9-7-19)16(21)23-17(2,3)4/h10-11H,6-9,18H2,1-5H3. The van der Waals surface area contributed by atoms with Crippen molar-refractivity contribution in [2.75, 3.05) is 43.9 Å². The molecule has 1 saturated heterocycles. The molecule has 1 aromatic rings. The van der Waals surface area contributed by atoms with Crippen molar-refractivity contribution in [1.29, 1.82) is 0 Å². The third kappa shape index (κ3) is 4.21. The minimum absolute atomic E-state index is 0.247. The Balaban J connectivity index is 2.03. The Kier molecular flexibility index (Phi) is 4.92. The predicted molar refractivity (Wildman–Crippen MR) is 92.2 cm³/mol. The second kappa shape index (κ2) is 6.56. The van der Waals surface area contributed by atoms with E-state index in [4.69, 9.17) is 15.2 Å². The van der Waals surface area contributed by atoms with E-state index < -0.39 is 5.60 Å². The number of piperazine rings is 1. The molecular weight excluding hydrogens is 294 g/mol. The zero-order valence-electron chi connectivity index (χ0n) is 14.7. The normalized spacial score (nSPS) is 15.5. The summed E-state index contributed by atoms with van der Waals surface area (Å²) in [6.07, 6.45) is -0.247. The van der Waals surface area contributed by atoms with Gasteiger partial charge in [-0.25, -0.2) is 4.79 Å². The quantitative estimate of drug-likeness (QED) is 0.848. The monoisotopic (exact) mass is 321 g/mol. The van der Waals surface area contributed by atoms with Crippen LogP contribution in [0.4, 0.5) is 16.2 Å². The highest BCUT2D eigenvalue weighted by molar-refractivity contribution is 5.70. The maximum Gasteiger partial charge on any atom is 0.410 e. The molecule has 128 valence electrons. The summed E-state index contributed by atoms with van der Waals surface area (Å²) in [7, 11) is 1.62. The number of nitrogens with two attached hydrogens (primary N) is 1. The largest absolute Gasteiger partial charge is 0.495 e. The van der Waals surface area contributed by atoms with Crippen LogP contribution in [0.3, 0.4) is 0 Å². The van der Waals surface area contributed by atoms with E-state index in [1.54, 1.807) is 12.0 Å². The van der Waals surface area contributed by atoms with Gasteiger partial charge >= 0.3 is 6.09 Å². The number of methoxy groups -OCH3 is 1. The van der Waals surface area contributed by atoms with Crippen LogP contribution in [0.1, 0.15) is 26.3 Å². The molecule has 2 rings (SSSR count). The first-order valence-corrected chi connectivity index (χ1v) is 7.88. The molecule has 6 heteroatoms. The van der Waals surface area contributed by atoms with Crippen molar-refractivity contribution in [1.82, 2.24) is 4.90 Å². The summed E-state index contributed by atoms with van der Waals surface area (Å²) in [4.78, 5) is 16.1. The first-order chi connectivity index (χ1) is 10.7. The van der Waals surface area contributed by atoms with Gasteiger partial charge in [-0.3, -0.25) is 0 Å². The number of nitrogen functional groups attached to an aromatic ring is 1. The topological polar surface area (TPSA) is 68.0 Å². The average molecular weight is 321 g/mol. The van der Waals surface area contributed by atoms with Gasteiger partial charge in [-0.1, -0.05) is 0 Å². The van der Waals surface area contributed by atoms with Crippen LogP contribution in [0.5, 0.6) is 5.75 Å². The van der Waals surface area contributed by atoms with Crippen molar-refractivity contribution in [3.63, 3.8) is 0 Å². The van der Waals surface area contributed by atoms with Crippen LogP contribution in [0.25, 0.3) is 0 Å². The number of anilines is 2. The third-order valence-electron chi connectivity index (χ3n) is 3.82. The average Bonchev–Trinajstić information content (AvgIpc) is 2.46. The summed E-state index contributed by atoms with van der Waals surface area (Å²) in [5, 5.41) is 0.